The molecule has 1 aliphatic rings. The van der Waals surface area contributed by atoms with Crippen molar-refractivity contribution in [3.05, 3.63) is 23.3 Å². The van der Waals surface area contributed by atoms with E-state index in [0.29, 0.717) is 17.8 Å². The van der Waals surface area contributed by atoms with Gasteiger partial charge in [-0.15, -0.1) is 0 Å². The summed E-state index contributed by atoms with van der Waals surface area (Å²) in [6.45, 7) is 6.80. The molecule has 7 heteroatoms. The Balaban J connectivity index is 2.03. The van der Waals surface area contributed by atoms with E-state index in [4.69, 9.17) is 5.73 Å². The van der Waals surface area contributed by atoms with Gasteiger partial charge in [0.1, 0.15) is 4.90 Å². The summed E-state index contributed by atoms with van der Waals surface area (Å²) in [6.07, 6.45) is 0. The summed E-state index contributed by atoms with van der Waals surface area (Å²) in [4.78, 5) is 2.50. The third kappa shape index (κ3) is 4.12. The van der Waals surface area contributed by atoms with Crippen molar-refractivity contribution >= 4 is 27.5 Å². The summed E-state index contributed by atoms with van der Waals surface area (Å²) in [6, 6.07) is 3.64. The van der Waals surface area contributed by atoms with Gasteiger partial charge >= 0.3 is 0 Å². The first kappa shape index (κ1) is 16.6. The first-order valence-corrected chi connectivity index (χ1v) is 9.71. The Morgan fingerprint density at radius 2 is 1.86 bits per heavy atom. The van der Waals surface area contributed by atoms with Crippen LogP contribution in [-0.2, 0) is 10.0 Å². The van der Waals surface area contributed by atoms with E-state index in [1.807, 2.05) is 24.8 Å². The molecule has 0 unspecified atom stereocenters. The first-order valence-electron chi connectivity index (χ1n) is 7.07. The van der Waals surface area contributed by atoms with Gasteiger partial charge in [-0.3, -0.25) is 0 Å². The maximum absolute atomic E-state index is 12.5. The SMILES string of the molecule is Cc1ccc(C)c(S(=O)(=O)NCCN2CCSCC2)c1N. The zero-order chi connectivity index (χ0) is 15.5. The van der Waals surface area contributed by atoms with E-state index in [-0.39, 0.29) is 4.90 Å². The van der Waals surface area contributed by atoms with E-state index in [0.717, 1.165) is 36.7 Å². The number of nitrogens with one attached hydrogen (secondary N) is 1. The van der Waals surface area contributed by atoms with Gasteiger partial charge in [-0.25, -0.2) is 13.1 Å². The second-order valence-corrected chi connectivity index (χ2v) is 8.22. The topological polar surface area (TPSA) is 75.4 Å². The average molecular weight is 329 g/mol. The lowest BCUT2D eigenvalue weighted by Crippen LogP contribution is -2.39. The van der Waals surface area contributed by atoms with E-state index in [1.165, 1.54) is 0 Å². The fourth-order valence-corrected chi connectivity index (χ4v) is 4.82. The van der Waals surface area contributed by atoms with Crippen LogP contribution in [0.5, 0.6) is 0 Å². The molecule has 5 nitrogen and oxygen atoms in total. The Hall–Kier alpha value is -0.760. The van der Waals surface area contributed by atoms with Crippen molar-refractivity contribution in [2.24, 2.45) is 0 Å². The number of benzene rings is 1. The zero-order valence-corrected chi connectivity index (χ0v) is 14.2. The molecular weight excluding hydrogens is 306 g/mol. The van der Waals surface area contributed by atoms with Crippen LogP contribution in [0.15, 0.2) is 17.0 Å². The van der Waals surface area contributed by atoms with Gasteiger partial charge in [0.25, 0.3) is 0 Å². The predicted molar refractivity (Wildman–Crippen MR) is 89.3 cm³/mol. The van der Waals surface area contributed by atoms with Gasteiger partial charge < -0.3 is 10.6 Å². The largest absolute Gasteiger partial charge is 0.397 e. The second-order valence-electron chi connectivity index (χ2n) is 5.29. The smallest absolute Gasteiger partial charge is 0.242 e. The average Bonchev–Trinajstić information content (AvgIpc) is 2.44. The second kappa shape index (κ2) is 7.00. The van der Waals surface area contributed by atoms with Crippen LogP contribution in [0.2, 0.25) is 0 Å². The summed E-state index contributed by atoms with van der Waals surface area (Å²) in [5.41, 5.74) is 7.76. The molecule has 0 spiro atoms. The van der Waals surface area contributed by atoms with Gasteiger partial charge in [-0.05, 0) is 25.0 Å². The lowest BCUT2D eigenvalue weighted by molar-refractivity contribution is 0.307. The lowest BCUT2D eigenvalue weighted by Gasteiger charge is -2.26. The molecular formula is C14H23N3O2S2. The molecule has 0 aromatic heterocycles. The van der Waals surface area contributed by atoms with E-state index in [9.17, 15) is 8.42 Å². The molecule has 1 saturated heterocycles. The van der Waals surface area contributed by atoms with Crippen LogP contribution in [0.4, 0.5) is 5.69 Å². The minimum absolute atomic E-state index is 0.219. The molecule has 1 aromatic rings. The zero-order valence-electron chi connectivity index (χ0n) is 12.6. The van der Waals surface area contributed by atoms with Crippen LogP contribution in [0.1, 0.15) is 11.1 Å². The Bertz CT molecular complexity index is 596. The van der Waals surface area contributed by atoms with Crippen molar-refractivity contribution in [3.63, 3.8) is 0 Å². The molecule has 1 aliphatic heterocycles. The number of hydrogen-bond donors (Lipinski definition) is 2. The van der Waals surface area contributed by atoms with Crippen molar-refractivity contribution in [3.8, 4) is 0 Å². The number of hydrogen-bond acceptors (Lipinski definition) is 5. The minimum atomic E-state index is -3.55. The van der Waals surface area contributed by atoms with E-state index in [1.54, 1.807) is 13.0 Å². The molecule has 0 atom stereocenters. The summed E-state index contributed by atoms with van der Waals surface area (Å²) in [5.74, 6) is 2.24. The van der Waals surface area contributed by atoms with Gasteiger partial charge in [0.15, 0.2) is 0 Å². The maximum atomic E-state index is 12.5. The highest BCUT2D eigenvalue weighted by atomic mass is 32.2. The number of nitrogen functional groups attached to an aromatic ring is 1. The highest BCUT2D eigenvalue weighted by Crippen LogP contribution is 2.25. The first-order chi connectivity index (χ1) is 9.92. The quantitative estimate of drug-likeness (QED) is 0.794. The molecule has 21 heavy (non-hydrogen) atoms. The highest BCUT2D eigenvalue weighted by molar-refractivity contribution is 7.99. The number of thioether (sulfide) groups is 1. The monoisotopic (exact) mass is 329 g/mol. The van der Waals surface area contributed by atoms with Crippen LogP contribution < -0.4 is 10.5 Å². The number of anilines is 1. The molecule has 2 rings (SSSR count). The number of nitrogens with zero attached hydrogens (tertiary/aromatic N) is 1. The molecule has 0 bridgehead atoms. The van der Waals surface area contributed by atoms with E-state index < -0.39 is 10.0 Å². The Morgan fingerprint density at radius 1 is 1.24 bits per heavy atom. The molecule has 1 heterocycles. The molecule has 1 fully saturated rings. The van der Waals surface area contributed by atoms with Crippen molar-refractivity contribution in [2.45, 2.75) is 18.7 Å². The Morgan fingerprint density at radius 3 is 2.52 bits per heavy atom. The highest BCUT2D eigenvalue weighted by Gasteiger charge is 2.21. The molecule has 0 amide bonds. The number of sulfonamides is 1. The number of aryl methyl sites for hydroxylation is 2. The molecule has 1 aromatic carbocycles. The van der Waals surface area contributed by atoms with E-state index >= 15 is 0 Å². The normalized spacial score (nSPS) is 17.0. The minimum Gasteiger partial charge on any atom is -0.397 e. The summed E-state index contributed by atoms with van der Waals surface area (Å²) in [7, 11) is -3.55. The van der Waals surface area contributed by atoms with Gasteiger partial charge in [-0.1, -0.05) is 12.1 Å². The Labute approximate surface area is 131 Å². The van der Waals surface area contributed by atoms with E-state index in [2.05, 4.69) is 9.62 Å². The molecule has 0 radical (unpaired) electrons. The standard InChI is InChI=1S/C14H23N3O2S2/c1-11-3-4-12(2)14(13(11)15)21(18,19)16-5-6-17-7-9-20-10-8-17/h3-4,16H,5-10,15H2,1-2H3. The third-order valence-electron chi connectivity index (χ3n) is 3.70. The number of rotatable bonds is 5. The van der Waals surface area contributed by atoms with Crippen molar-refractivity contribution in [1.82, 2.24) is 9.62 Å². The van der Waals surface area contributed by atoms with Crippen LogP contribution in [-0.4, -0.2) is 51.0 Å². The van der Waals surface area contributed by atoms with Gasteiger partial charge in [0, 0.05) is 37.7 Å². The van der Waals surface area contributed by atoms with Gasteiger partial charge in [0.05, 0.1) is 5.69 Å². The predicted octanol–water partition coefficient (Wildman–Crippen LogP) is 1.21. The molecule has 0 aliphatic carbocycles. The lowest BCUT2D eigenvalue weighted by atomic mass is 10.1. The summed E-state index contributed by atoms with van der Waals surface area (Å²) >= 11 is 1.94. The molecule has 118 valence electrons. The van der Waals surface area contributed by atoms with Gasteiger partial charge in [-0.2, -0.15) is 11.8 Å². The maximum Gasteiger partial charge on any atom is 0.242 e. The van der Waals surface area contributed by atoms with Crippen LogP contribution in [0.25, 0.3) is 0 Å². The van der Waals surface area contributed by atoms with Crippen molar-refractivity contribution in [1.29, 1.82) is 0 Å². The fraction of sp³-hybridized carbons (Fsp3) is 0.571. The molecule has 0 saturated carbocycles. The summed E-state index contributed by atoms with van der Waals surface area (Å²) < 4.78 is 27.6. The number of nitrogens with two attached hydrogens (primary N) is 1. The van der Waals surface area contributed by atoms with Crippen LogP contribution >= 0.6 is 11.8 Å². The summed E-state index contributed by atoms with van der Waals surface area (Å²) in [5, 5.41) is 0. The Kier molecular flexibility index (Phi) is 5.54. The fourth-order valence-electron chi connectivity index (χ4n) is 2.40. The molecule has 3 N–H and O–H groups in total. The van der Waals surface area contributed by atoms with Crippen molar-refractivity contribution < 1.29 is 8.42 Å². The van der Waals surface area contributed by atoms with Gasteiger partial charge in [0.2, 0.25) is 10.0 Å². The van der Waals surface area contributed by atoms with Crippen LogP contribution in [0.3, 0.4) is 0 Å². The van der Waals surface area contributed by atoms with Crippen molar-refractivity contribution in [2.75, 3.05) is 43.4 Å². The third-order valence-corrected chi connectivity index (χ3v) is 6.31. The van der Waals surface area contributed by atoms with Crippen LogP contribution in [0, 0.1) is 13.8 Å².